The number of anilines is 3. The molecule has 1 spiro atoms. The molecule has 13 aromatic rings. The second-order valence-electron chi connectivity index (χ2n) is 19.0. The smallest absolute Gasteiger partial charge is 0.178 e. The molecule has 0 saturated heterocycles. The van der Waals surface area contributed by atoms with Gasteiger partial charge in [0.1, 0.15) is 16.7 Å². The number of para-hydroxylation sites is 3. The lowest BCUT2D eigenvalue weighted by Gasteiger charge is -2.31. The van der Waals surface area contributed by atoms with Crippen molar-refractivity contribution in [1.82, 2.24) is 0 Å². The Morgan fingerprint density at radius 1 is 0.333 bits per heavy atom. The lowest BCUT2D eigenvalue weighted by atomic mass is 9.70. The highest BCUT2D eigenvalue weighted by Crippen LogP contribution is 2.66. The van der Waals surface area contributed by atoms with Crippen LogP contribution in [0.2, 0.25) is 0 Å². The first kappa shape index (κ1) is 39.3. The van der Waals surface area contributed by atoms with Crippen LogP contribution in [0, 0.1) is 0 Å². The van der Waals surface area contributed by atoms with E-state index in [0.717, 1.165) is 100 Å². The molecule has 0 bridgehead atoms. The van der Waals surface area contributed by atoms with Gasteiger partial charge in [-0.2, -0.15) is 0 Å². The highest BCUT2D eigenvalue weighted by Gasteiger charge is 2.53. The average molecular weight is 922 g/mol. The second-order valence-corrected chi connectivity index (χ2v) is 19.0. The molecule has 3 heterocycles. The van der Waals surface area contributed by atoms with Crippen molar-refractivity contribution in [2.75, 3.05) is 4.90 Å². The number of rotatable bonds is 5. The van der Waals surface area contributed by atoms with Gasteiger partial charge in [-0.05, 0) is 128 Å². The lowest BCUT2D eigenvalue weighted by Crippen LogP contribution is -2.25. The summed E-state index contributed by atoms with van der Waals surface area (Å²) < 4.78 is 26.9. The predicted molar refractivity (Wildman–Crippen MR) is 289 cm³/mol. The number of hydrogen-bond acceptors (Lipinski definition) is 5. The minimum Gasteiger partial charge on any atom is -0.456 e. The Bertz CT molecular complexity index is 4380. The third-order valence-corrected chi connectivity index (χ3v) is 15.4. The first-order chi connectivity index (χ1) is 35.7. The normalized spacial score (nSPS) is 13.3. The van der Waals surface area contributed by atoms with Crippen LogP contribution in [0.4, 0.5) is 17.1 Å². The Morgan fingerprint density at radius 2 is 0.931 bits per heavy atom. The van der Waals surface area contributed by atoms with Gasteiger partial charge in [0.25, 0.3) is 0 Å². The summed E-state index contributed by atoms with van der Waals surface area (Å²) in [6.07, 6.45) is 0. The van der Waals surface area contributed by atoms with Gasteiger partial charge in [-0.15, -0.1) is 0 Å². The van der Waals surface area contributed by atoms with E-state index in [0.29, 0.717) is 17.2 Å². The quantitative estimate of drug-likeness (QED) is 0.172. The molecule has 2 aliphatic carbocycles. The molecule has 16 rings (SSSR count). The van der Waals surface area contributed by atoms with Gasteiger partial charge >= 0.3 is 0 Å². The molecular weight excluding hydrogens is 883 g/mol. The van der Waals surface area contributed by atoms with Crippen LogP contribution >= 0.6 is 0 Å². The number of benzene rings is 11. The zero-order chi connectivity index (χ0) is 47.1. The molecule has 5 heteroatoms. The van der Waals surface area contributed by atoms with Crippen molar-refractivity contribution in [2.45, 2.75) is 5.41 Å². The maximum absolute atomic E-state index is 7.02. The fourth-order valence-corrected chi connectivity index (χ4v) is 12.4. The van der Waals surface area contributed by atoms with Crippen molar-refractivity contribution < 1.29 is 18.3 Å². The molecule has 0 N–H and O–H groups in total. The Hall–Kier alpha value is -9.58. The third kappa shape index (κ3) is 5.36. The summed E-state index contributed by atoms with van der Waals surface area (Å²) in [6, 6.07) is 83.9. The molecule has 2 aromatic heterocycles. The minimum atomic E-state index is -0.469. The van der Waals surface area contributed by atoms with Gasteiger partial charge in [-0.25, -0.2) is 0 Å². The van der Waals surface area contributed by atoms with E-state index in [1.54, 1.807) is 0 Å². The number of nitrogens with zero attached hydrogens (tertiary/aromatic N) is 1. The zero-order valence-corrected chi connectivity index (χ0v) is 38.6. The summed E-state index contributed by atoms with van der Waals surface area (Å²) in [5.74, 6) is 2.79. The van der Waals surface area contributed by atoms with Gasteiger partial charge in [-0.3, -0.25) is 0 Å². The third-order valence-electron chi connectivity index (χ3n) is 15.4. The van der Waals surface area contributed by atoms with Gasteiger partial charge in [0, 0.05) is 38.5 Å². The molecule has 0 fully saturated rings. The Morgan fingerprint density at radius 3 is 1.74 bits per heavy atom. The fourth-order valence-electron chi connectivity index (χ4n) is 12.4. The maximum atomic E-state index is 7.02. The van der Waals surface area contributed by atoms with Crippen molar-refractivity contribution in [2.24, 2.45) is 0 Å². The van der Waals surface area contributed by atoms with Crippen molar-refractivity contribution in [3.63, 3.8) is 0 Å². The van der Waals surface area contributed by atoms with E-state index in [-0.39, 0.29) is 0 Å². The van der Waals surface area contributed by atoms with Crippen molar-refractivity contribution >= 4 is 60.9 Å². The van der Waals surface area contributed by atoms with Crippen molar-refractivity contribution in [1.29, 1.82) is 0 Å². The number of fused-ring (bicyclic) bond motifs is 19. The standard InChI is InChI=1S/C67H39NO4/c1-6-23-52-46(16-1)47-17-2-7-24-53(47)67(52)54-25-8-3-19-50(54)64-55(67)35-37-61-66(64)72-59-36-32-42(39-62(59)70-61)41-14-11-15-44(38-41)68(56-26-12-22-49-48-18-4-9-27-57(48)71-65(49)56)43-33-30-40(31-34-43)45-21-13-29-60-63(45)51-20-5-10-28-58(51)69-60/h1-39H. The van der Waals surface area contributed by atoms with Crippen LogP contribution in [-0.4, -0.2) is 0 Å². The molecule has 0 radical (unpaired) electrons. The Kier molecular flexibility index (Phi) is 8.03. The first-order valence-electron chi connectivity index (χ1n) is 24.5. The summed E-state index contributed by atoms with van der Waals surface area (Å²) in [5.41, 5.74) is 20.0. The van der Waals surface area contributed by atoms with Gasteiger partial charge in [0.15, 0.2) is 28.6 Å². The predicted octanol–water partition coefficient (Wildman–Crippen LogP) is 18.5. The van der Waals surface area contributed by atoms with E-state index in [1.165, 1.54) is 33.4 Å². The van der Waals surface area contributed by atoms with Gasteiger partial charge < -0.3 is 23.2 Å². The van der Waals surface area contributed by atoms with Gasteiger partial charge in [0.05, 0.1) is 11.1 Å². The van der Waals surface area contributed by atoms with Crippen molar-refractivity contribution in [3.05, 3.63) is 259 Å². The zero-order valence-electron chi connectivity index (χ0n) is 38.6. The van der Waals surface area contributed by atoms with E-state index in [9.17, 15) is 0 Å². The molecule has 11 aromatic carbocycles. The van der Waals surface area contributed by atoms with E-state index in [2.05, 4.69) is 205 Å². The SMILES string of the molecule is c1cc(-c2ccc3c(c2)Oc2ccc4c(c2O3)-c2ccccc2C42c3ccccc3-c3ccccc32)cc(N(c2ccc(-c3cccc4oc5ccccc5c34)cc2)c2cccc3c2oc2ccccc23)c1. The van der Waals surface area contributed by atoms with Gasteiger partial charge in [-0.1, -0.05) is 170 Å². The minimum absolute atomic E-state index is 0.469. The molecule has 0 atom stereocenters. The van der Waals surface area contributed by atoms with Crippen LogP contribution in [0.3, 0.4) is 0 Å². The molecule has 5 nitrogen and oxygen atoms in total. The highest BCUT2D eigenvalue weighted by atomic mass is 16.6. The Labute approximate surface area is 414 Å². The molecule has 3 aliphatic rings. The van der Waals surface area contributed by atoms with Crippen LogP contribution in [0.5, 0.6) is 23.0 Å². The molecule has 72 heavy (non-hydrogen) atoms. The van der Waals surface area contributed by atoms with Crippen molar-refractivity contribution in [3.8, 4) is 67.5 Å². The van der Waals surface area contributed by atoms with E-state index in [4.69, 9.17) is 18.3 Å². The number of hydrogen-bond donors (Lipinski definition) is 0. The van der Waals surface area contributed by atoms with Crippen LogP contribution in [-0.2, 0) is 5.41 Å². The number of ether oxygens (including phenoxy) is 2. The summed E-state index contributed by atoms with van der Waals surface area (Å²) >= 11 is 0. The summed E-state index contributed by atoms with van der Waals surface area (Å²) in [5, 5.41) is 4.37. The first-order valence-corrected chi connectivity index (χ1v) is 24.5. The molecule has 0 amide bonds. The maximum Gasteiger partial charge on any atom is 0.178 e. The summed E-state index contributed by atoms with van der Waals surface area (Å²) in [6.45, 7) is 0. The topological polar surface area (TPSA) is 48.0 Å². The lowest BCUT2D eigenvalue weighted by molar-refractivity contribution is 0.360. The molecule has 1 aliphatic heterocycles. The average Bonchev–Trinajstić information content (AvgIpc) is 4.19. The molecule has 336 valence electrons. The molecular formula is C67H39NO4. The van der Waals surface area contributed by atoms with E-state index in [1.807, 2.05) is 36.4 Å². The highest BCUT2D eigenvalue weighted by molar-refractivity contribution is 6.13. The molecule has 0 unspecified atom stereocenters. The van der Waals surface area contributed by atoms with Crippen LogP contribution in [0.1, 0.15) is 22.3 Å². The van der Waals surface area contributed by atoms with Crippen LogP contribution < -0.4 is 14.4 Å². The fraction of sp³-hybridized carbons (Fsp3) is 0.0149. The van der Waals surface area contributed by atoms with Crippen LogP contribution in [0.25, 0.3) is 88.4 Å². The monoisotopic (exact) mass is 921 g/mol. The van der Waals surface area contributed by atoms with E-state index >= 15 is 0 Å². The summed E-state index contributed by atoms with van der Waals surface area (Å²) in [4.78, 5) is 2.30. The number of furan rings is 2. The second kappa shape index (κ2) is 14.7. The molecule has 0 saturated carbocycles. The summed E-state index contributed by atoms with van der Waals surface area (Å²) in [7, 11) is 0. The largest absolute Gasteiger partial charge is 0.456 e. The van der Waals surface area contributed by atoms with E-state index < -0.39 is 5.41 Å². The van der Waals surface area contributed by atoms with Crippen LogP contribution in [0.15, 0.2) is 245 Å². The van der Waals surface area contributed by atoms with Gasteiger partial charge in [0.2, 0.25) is 0 Å². The Balaban J connectivity index is 0.796.